The number of halogens is 1. The highest BCUT2D eigenvalue weighted by Gasteiger charge is 2.18. The van der Waals surface area contributed by atoms with Gasteiger partial charge < -0.3 is 9.64 Å². The van der Waals surface area contributed by atoms with Gasteiger partial charge in [0.05, 0.1) is 12.1 Å². The number of nitrogens with zero attached hydrogens (tertiary/aromatic N) is 2. The van der Waals surface area contributed by atoms with Crippen LogP contribution in [-0.2, 0) is 6.42 Å². The molecule has 5 heteroatoms. The van der Waals surface area contributed by atoms with Crippen LogP contribution in [0.2, 0.25) is 5.02 Å². The monoisotopic (exact) mass is 332 g/mol. The molecule has 2 aromatic rings. The van der Waals surface area contributed by atoms with Crippen molar-refractivity contribution in [2.75, 3.05) is 20.2 Å². The topological polar surface area (TPSA) is 42.4 Å². The smallest absolute Gasteiger partial charge is 0.254 e. The summed E-state index contributed by atoms with van der Waals surface area (Å²) in [6.07, 6.45) is 4.33. The summed E-state index contributed by atoms with van der Waals surface area (Å²) in [7, 11) is 1.56. The lowest BCUT2D eigenvalue weighted by atomic mass is 10.1. The van der Waals surface area contributed by atoms with Crippen LogP contribution >= 0.6 is 11.6 Å². The van der Waals surface area contributed by atoms with Gasteiger partial charge in [0.25, 0.3) is 5.91 Å². The van der Waals surface area contributed by atoms with E-state index in [0.717, 1.165) is 17.5 Å². The van der Waals surface area contributed by atoms with Gasteiger partial charge in [-0.3, -0.25) is 9.78 Å². The Bertz CT molecular complexity index is 674. The summed E-state index contributed by atoms with van der Waals surface area (Å²) in [5.41, 5.74) is 2.64. The van der Waals surface area contributed by atoms with Crippen LogP contribution in [0.5, 0.6) is 5.75 Å². The van der Waals surface area contributed by atoms with E-state index in [0.29, 0.717) is 29.4 Å². The lowest BCUT2D eigenvalue weighted by molar-refractivity contribution is 0.0765. The molecular weight excluding hydrogens is 312 g/mol. The second-order valence-corrected chi connectivity index (χ2v) is 5.70. The summed E-state index contributed by atoms with van der Waals surface area (Å²) in [5.74, 6) is 0.573. The van der Waals surface area contributed by atoms with Crippen LogP contribution in [0.1, 0.15) is 28.4 Å². The van der Waals surface area contributed by atoms with Gasteiger partial charge >= 0.3 is 0 Å². The van der Waals surface area contributed by atoms with Crippen molar-refractivity contribution in [2.24, 2.45) is 0 Å². The fraction of sp³-hybridized carbons (Fsp3) is 0.333. The number of benzene rings is 1. The molecule has 2 rings (SSSR count). The quantitative estimate of drug-likeness (QED) is 0.809. The van der Waals surface area contributed by atoms with Crippen LogP contribution < -0.4 is 4.74 Å². The Balaban J connectivity index is 2.15. The number of methoxy groups -OCH3 is 1. The van der Waals surface area contributed by atoms with E-state index in [9.17, 15) is 4.79 Å². The SMILES string of the molecule is CCN(CCc1ccncc1)C(=O)c1cc(Cl)c(OC)cc1C. The first-order valence-electron chi connectivity index (χ1n) is 7.59. The first-order valence-corrected chi connectivity index (χ1v) is 7.97. The molecule has 23 heavy (non-hydrogen) atoms. The molecule has 0 saturated carbocycles. The molecular formula is C18H21ClN2O2. The summed E-state index contributed by atoms with van der Waals surface area (Å²) in [4.78, 5) is 18.6. The number of aryl methyl sites for hydroxylation is 1. The molecule has 0 bridgehead atoms. The third kappa shape index (κ3) is 4.23. The summed E-state index contributed by atoms with van der Waals surface area (Å²) < 4.78 is 5.19. The summed E-state index contributed by atoms with van der Waals surface area (Å²) in [6.45, 7) is 5.17. The molecule has 122 valence electrons. The molecule has 0 unspecified atom stereocenters. The average molecular weight is 333 g/mol. The van der Waals surface area contributed by atoms with Crippen molar-refractivity contribution in [3.63, 3.8) is 0 Å². The van der Waals surface area contributed by atoms with E-state index < -0.39 is 0 Å². The lowest BCUT2D eigenvalue weighted by Gasteiger charge is -2.22. The van der Waals surface area contributed by atoms with Gasteiger partial charge in [-0.05, 0) is 55.7 Å². The van der Waals surface area contributed by atoms with Gasteiger partial charge in [0.15, 0.2) is 0 Å². The predicted molar refractivity (Wildman–Crippen MR) is 92.3 cm³/mol. The van der Waals surface area contributed by atoms with E-state index >= 15 is 0 Å². The summed E-state index contributed by atoms with van der Waals surface area (Å²) >= 11 is 6.16. The van der Waals surface area contributed by atoms with Crippen molar-refractivity contribution in [1.29, 1.82) is 0 Å². The Morgan fingerprint density at radius 1 is 1.30 bits per heavy atom. The number of amides is 1. The Kier molecular flexibility index (Phi) is 5.99. The molecule has 0 radical (unpaired) electrons. The Morgan fingerprint density at radius 2 is 2.00 bits per heavy atom. The maximum Gasteiger partial charge on any atom is 0.254 e. The minimum atomic E-state index is -0.0105. The van der Waals surface area contributed by atoms with Gasteiger partial charge in [0.2, 0.25) is 0 Å². The Hall–Kier alpha value is -2.07. The molecule has 1 aromatic carbocycles. The van der Waals surface area contributed by atoms with Crippen molar-refractivity contribution < 1.29 is 9.53 Å². The minimum Gasteiger partial charge on any atom is -0.495 e. The molecule has 0 fully saturated rings. The van der Waals surface area contributed by atoms with Gasteiger partial charge in [-0.2, -0.15) is 0 Å². The molecule has 0 atom stereocenters. The maximum absolute atomic E-state index is 12.8. The van der Waals surface area contributed by atoms with E-state index in [1.807, 2.05) is 30.9 Å². The van der Waals surface area contributed by atoms with Gasteiger partial charge in [-0.1, -0.05) is 11.6 Å². The van der Waals surface area contributed by atoms with Crippen LogP contribution in [0.25, 0.3) is 0 Å². The van der Waals surface area contributed by atoms with Gasteiger partial charge in [0, 0.05) is 31.0 Å². The molecule has 0 saturated heterocycles. The Labute approximate surface area is 142 Å². The zero-order chi connectivity index (χ0) is 16.8. The van der Waals surface area contributed by atoms with Crippen molar-refractivity contribution >= 4 is 17.5 Å². The molecule has 0 aliphatic carbocycles. The second kappa shape index (κ2) is 7.97. The second-order valence-electron chi connectivity index (χ2n) is 5.29. The van der Waals surface area contributed by atoms with Gasteiger partial charge in [-0.25, -0.2) is 0 Å². The number of likely N-dealkylation sites (N-methyl/N-ethyl adjacent to an activating group) is 1. The van der Waals surface area contributed by atoms with Crippen LogP contribution in [-0.4, -0.2) is 36.0 Å². The fourth-order valence-corrected chi connectivity index (χ4v) is 2.67. The number of hydrogen-bond donors (Lipinski definition) is 0. The van der Waals surface area contributed by atoms with Gasteiger partial charge in [-0.15, -0.1) is 0 Å². The van der Waals surface area contributed by atoms with E-state index in [4.69, 9.17) is 16.3 Å². The minimum absolute atomic E-state index is 0.0105. The number of carbonyl (C=O) groups excluding carboxylic acids is 1. The van der Waals surface area contributed by atoms with Crippen LogP contribution in [0.3, 0.4) is 0 Å². The molecule has 1 amide bonds. The predicted octanol–water partition coefficient (Wildman–Crippen LogP) is 3.76. The standard InChI is InChI=1S/C18H21ClN2O2/c1-4-21(10-7-14-5-8-20-9-6-14)18(22)15-12-16(19)17(23-3)11-13(15)2/h5-6,8-9,11-12H,4,7,10H2,1-3H3. The number of rotatable bonds is 6. The number of carbonyl (C=O) groups is 1. The van der Waals surface area contributed by atoms with Crippen LogP contribution in [0.4, 0.5) is 0 Å². The molecule has 0 aliphatic heterocycles. The Morgan fingerprint density at radius 3 is 2.61 bits per heavy atom. The van der Waals surface area contributed by atoms with Crippen molar-refractivity contribution in [3.05, 3.63) is 58.4 Å². The average Bonchev–Trinajstić information content (AvgIpc) is 2.57. The third-order valence-corrected chi connectivity index (χ3v) is 4.11. The van der Waals surface area contributed by atoms with E-state index in [2.05, 4.69) is 4.98 Å². The van der Waals surface area contributed by atoms with Crippen molar-refractivity contribution in [3.8, 4) is 5.75 Å². The number of aromatic nitrogens is 1. The largest absolute Gasteiger partial charge is 0.495 e. The highest BCUT2D eigenvalue weighted by atomic mass is 35.5. The van der Waals surface area contributed by atoms with E-state index in [1.54, 1.807) is 31.6 Å². The van der Waals surface area contributed by atoms with Crippen molar-refractivity contribution in [2.45, 2.75) is 20.3 Å². The van der Waals surface area contributed by atoms with Gasteiger partial charge in [0.1, 0.15) is 5.75 Å². The van der Waals surface area contributed by atoms with Crippen LogP contribution in [0, 0.1) is 6.92 Å². The highest BCUT2D eigenvalue weighted by Crippen LogP contribution is 2.28. The first-order chi connectivity index (χ1) is 11.1. The number of pyridine rings is 1. The summed E-state index contributed by atoms with van der Waals surface area (Å²) in [5, 5.41) is 0.451. The molecule has 0 spiro atoms. The zero-order valence-corrected chi connectivity index (χ0v) is 14.4. The molecule has 1 heterocycles. The third-order valence-electron chi connectivity index (χ3n) is 3.82. The lowest BCUT2D eigenvalue weighted by Crippen LogP contribution is -2.33. The molecule has 0 aliphatic rings. The van der Waals surface area contributed by atoms with E-state index in [-0.39, 0.29) is 5.91 Å². The first kappa shape index (κ1) is 17.3. The number of hydrogen-bond acceptors (Lipinski definition) is 3. The normalized spacial score (nSPS) is 10.4. The number of ether oxygens (including phenoxy) is 1. The highest BCUT2D eigenvalue weighted by molar-refractivity contribution is 6.32. The molecule has 0 N–H and O–H groups in total. The van der Waals surface area contributed by atoms with Crippen LogP contribution in [0.15, 0.2) is 36.7 Å². The summed E-state index contributed by atoms with van der Waals surface area (Å²) in [6, 6.07) is 7.42. The fourth-order valence-electron chi connectivity index (χ4n) is 2.43. The maximum atomic E-state index is 12.8. The van der Waals surface area contributed by atoms with E-state index in [1.165, 1.54) is 0 Å². The molecule has 1 aromatic heterocycles. The molecule has 4 nitrogen and oxygen atoms in total. The van der Waals surface area contributed by atoms with Crippen molar-refractivity contribution in [1.82, 2.24) is 9.88 Å². The zero-order valence-electron chi connectivity index (χ0n) is 13.7.